The van der Waals surface area contributed by atoms with Crippen LogP contribution in [0.2, 0.25) is 10.0 Å². The van der Waals surface area contributed by atoms with Crippen molar-refractivity contribution < 1.29 is 4.79 Å². The lowest BCUT2D eigenvalue weighted by Gasteiger charge is -2.28. The van der Waals surface area contributed by atoms with Gasteiger partial charge >= 0.3 is 0 Å². The summed E-state index contributed by atoms with van der Waals surface area (Å²) < 4.78 is 0. The van der Waals surface area contributed by atoms with Crippen LogP contribution in [0.1, 0.15) is 50.8 Å². The Hall–Kier alpha value is -2.95. The van der Waals surface area contributed by atoms with Crippen LogP contribution in [-0.4, -0.2) is 19.4 Å². The summed E-state index contributed by atoms with van der Waals surface area (Å²) in [6, 6.07) is 19.7. The first-order valence-electron chi connectivity index (χ1n) is 12.5. The quantitative estimate of drug-likeness (QED) is 0.179. The van der Waals surface area contributed by atoms with E-state index >= 15 is 0 Å². The molecule has 37 heavy (non-hydrogen) atoms. The van der Waals surface area contributed by atoms with Crippen molar-refractivity contribution in [3.63, 3.8) is 0 Å². The Morgan fingerprint density at radius 1 is 0.973 bits per heavy atom. The lowest BCUT2D eigenvalue weighted by Crippen LogP contribution is -2.28. The second-order valence-electron chi connectivity index (χ2n) is 9.69. The van der Waals surface area contributed by atoms with Gasteiger partial charge in [-0.1, -0.05) is 80.4 Å². The van der Waals surface area contributed by atoms with E-state index in [9.17, 15) is 4.79 Å². The average molecular weight is 541 g/mol. The molecular weight excluding hydrogens is 501 g/mol. The van der Waals surface area contributed by atoms with Gasteiger partial charge in [0, 0.05) is 41.2 Å². The molecular formula is C31H39Cl2N3O. The first-order valence-corrected chi connectivity index (χ1v) is 13.3. The van der Waals surface area contributed by atoms with Gasteiger partial charge in [-0.2, -0.15) is 0 Å². The van der Waals surface area contributed by atoms with E-state index in [1.807, 2.05) is 49.5 Å². The summed E-state index contributed by atoms with van der Waals surface area (Å²) in [6.07, 6.45) is 6.96. The number of carbonyl (C=O) groups excluding carboxylic acids is 1. The van der Waals surface area contributed by atoms with Gasteiger partial charge in [-0.25, -0.2) is 0 Å². The number of benzene rings is 3. The highest BCUT2D eigenvalue weighted by atomic mass is 35.5. The van der Waals surface area contributed by atoms with Crippen LogP contribution in [0.25, 0.3) is 0 Å². The number of nitrogens with one attached hydrogen (secondary N) is 2. The fourth-order valence-corrected chi connectivity index (χ4v) is 4.32. The molecule has 0 saturated heterocycles. The van der Waals surface area contributed by atoms with Crippen LogP contribution < -0.4 is 16.4 Å². The number of nitrogens with two attached hydrogens (primary N) is 1. The van der Waals surface area contributed by atoms with Crippen molar-refractivity contribution in [2.24, 2.45) is 0 Å². The Morgan fingerprint density at radius 2 is 1.65 bits per heavy atom. The van der Waals surface area contributed by atoms with E-state index in [1.54, 1.807) is 13.0 Å². The lowest BCUT2D eigenvalue weighted by molar-refractivity contribution is -0.116. The van der Waals surface area contributed by atoms with Gasteiger partial charge in [0.2, 0.25) is 0 Å². The van der Waals surface area contributed by atoms with Gasteiger partial charge in [0.15, 0.2) is 0 Å². The number of halogens is 2. The summed E-state index contributed by atoms with van der Waals surface area (Å²) in [5.74, 6) is 0.216. The van der Waals surface area contributed by atoms with E-state index in [2.05, 4.69) is 55.7 Å². The predicted octanol–water partition coefficient (Wildman–Crippen LogP) is 8.33. The Morgan fingerprint density at radius 3 is 2.24 bits per heavy atom. The molecule has 4 nitrogen and oxygen atoms in total. The van der Waals surface area contributed by atoms with Crippen molar-refractivity contribution in [1.29, 1.82) is 0 Å². The highest BCUT2D eigenvalue weighted by molar-refractivity contribution is 6.33. The van der Waals surface area contributed by atoms with Crippen molar-refractivity contribution in [1.82, 2.24) is 0 Å². The number of rotatable bonds is 10. The highest BCUT2D eigenvalue weighted by Crippen LogP contribution is 2.33. The van der Waals surface area contributed by atoms with Gasteiger partial charge in [-0.15, -0.1) is 0 Å². The van der Waals surface area contributed by atoms with E-state index in [0.29, 0.717) is 23.7 Å². The summed E-state index contributed by atoms with van der Waals surface area (Å²) >= 11 is 12.4. The molecule has 0 unspecified atom stereocenters. The van der Waals surface area contributed by atoms with E-state index in [1.165, 1.54) is 5.56 Å². The van der Waals surface area contributed by atoms with Crippen molar-refractivity contribution >= 4 is 46.0 Å². The number of anilines is 3. The first-order chi connectivity index (χ1) is 17.6. The van der Waals surface area contributed by atoms with E-state index in [-0.39, 0.29) is 11.2 Å². The van der Waals surface area contributed by atoms with Crippen molar-refractivity contribution in [2.45, 2.75) is 52.4 Å². The van der Waals surface area contributed by atoms with Crippen LogP contribution in [0.15, 0.2) is 72.8 Å². The summed E-state index contributed by atoms with van der Waals surface area (Å²) in [4.78, 5) is 10.9. The fraction of sp³-hybridized carbons (Fsp3) is 0.323. The molecule has 0 radical (unpaired) electrons. The summed E-state index contributed by atoms with van der Waals surface area (Å²) in [6.45, 7) is 8.69. The molecule has 0 atom stereocenters. The SMILES string of the molecule is CC/C=C/Cc1ccc(CC(C)=O)cc1.CNc1ccc(NCC(C)(C)c2cc(Cl)ccc2Cl)c(N)c1. The number of carbonyl (C=O) groups is 1. The lowest BCUT2D eigenvalue weighted by atomic mass is 9.84. The van der Waals surface area contributed by atoms with Crippen molar-refractivity contribution in [3.05, 3.63) is 99.6 Å². The third kappa shape index (κ3) is 10.1. The average Bonchev–Trinajstić information content (AvgIpc) is 2.86. The minimum absolute atomic E-state index is 0.184. The van der Waals surface area contributed by atoms with Gasteiger partial charge in [-0.3, -0.25) is 4.79 Å². The molecule has 3 rings (SSSR count). The monoisotopic (exact) mass is 539 g/mol. The number of allylic oxidation sites excluding steroid dienone is 2. The van der Waals surface area contributed by atoms with Crippen LogP contribution in [0.4, 0.5) is 17.1 Å². The van der Waals surface area contributed by atoms with Gasteiger partial charge in [0.25, 0.3) is 0 Å². The van der Waals surface area contributed by atoms with Gasteiger partial charge in [-0.05, 0) is 72.9 Å². The highest BCUT2D eigenvalue weighted by Gasteiger charge is 2.24. The third-order valence-corrected chi connectivity index (χ3v) is 6.52. The standard InChI is InChI=1S/C17H21Cl2N3.C14H18O/c1-17(2,13-8-11(18)4-6-14(13)19)10-22-16-7-5-12(21-3)9-15(16)20;1-3-4-5-6-13-7-9-14(10-8-13)11-12(2)15/h4-9,21-22H,10,20H2,1-3H3;4-5,7-10H,3,6,11H2,1-2H3/b;5-4+. The summed E-state index contributed by atoms with van der Waals surface area (Å²) in [5.41, 5.74) is 11.9. The smallest absolute Gasteiger partial charge is 0.134 e. The molecule has 0 aliphatic carbocycles. The number of hydrogen-bond donors (Lipinski definition) is 3. The molecule has 0 fully saturated rings. The van der Waals surface area contributed by atoms with Crippen LogP contribution in [0.5, 0.6) is 0 Å². The van der Waals surface area contributed by atoms with Gasteiger partial charge in [0.05, 0.1) is 11.4 Å². The molecule has 4 N–H and O–H groups in total. The maximum Gasteiger partial charge on any atom is 0.134 e. The van der Waals surface area contributed by atoms with E-state index in [0.717, 1.165) is 40.4 Å². The zero-order chi connectivity index (χ0) is 27.4. The van der Waals surface area contributed by atoms with Crippen molar-refractivity contribution in [2.75, 3.05) is 30.0 Å². The van der Waals surface area contributed by atoms with Crippen molar-refractivity contribution in [3.8, 4) is 0 Å². The zero-order valence-corrected chi connectivity index (χ0v) is 24.0. The van der Waals surface area contributed by atoms with E-state index in [4.69, 9.17) is 28.9 Å². The molecule has 3 aromatic rings. The first kappa shape index (κ1) is 30.3. The molecule has 0 aliphatic heterocycles. The molecule has 0 amide bonds. The molecule has 0 heterocycles. The maximum absolute atomic E-state index is 10.9. The normalized spacial score (nSPS) is 11.1. The second kappa shape index (κ2) is 14.7. The molecule has 0 aromatic heterocycles. The Labute approximate surface area is 232 Å². The molecule has 3 aromatic carbocycles. The predicted molar refractivity (Wildman–Crippen MR) is 162 cm³/mol. The molecule has 198 valence electrons. The Bertz CT molecular complexity index is 1190. The minimum atomic E-state index is -0.184. The molecule has 0 spiro atoms. The molecule has 0 bridgehead atoms. The summed E-state index contributed by atoms with van der Waals surface area (Å²) in [5, 5.41) is 7.87. The van der Waals surface area contributed by atoms with Crippen LogP contribution in [-0.2, 0) is 23.1 Å². The number of hydrogen-bond acceptors (Lipinski definition) is 4. The van der Waals surface area contributed by atoms with Gasteiger partial charge < -0.3 is 16.4 Å². The number of nitrogen functional groups attached to an aromatic ring is 1. The topological polar surface area (TPSA) is 67.2 Å². The molecule has 6 heteroatoms. The minimum Gasteiger partial charge on any atom is -0.397 e. The van der Waals surface area contributed by atoms with E-state index < -0.39 is 0 Å². The molecule has 0 saturated carbocycles. The largest absolute Gasteiger partial charge is 0.397 e. The fourth-order valence-electron chi connectivity index (χ4n) is 3.77. The van der Waals surface area contributed by atoms with Gasteiger partial charge in [0.1, 0.15) is 5.78 Å². The van der Waals surface area contributed by atoms with Crippen LogP contribution in [0, 0.1) is 0 Å². The van der Waals surface area contributed by atoms with Crippen LogP contribution >= 0.6 is 23.2 Å². The second-order valence-corrected chi connectivity index (χ2v) is 10.5. The maximum atomic E-state index is 10.9. The zero-order valence-electron chi connectivity index (χ0n) is 22.5. The third-order valence-electron chi connectivity index (χ3n) is 5.95. The van der Waals surface area contributed by atoms with Crippen LogP contribution in [0.3, 0.4) is 0 Å². The number of ketones is 1. The summed E-state index contributed by atoms with van der Waals surface area (Å²) in [7, 11) is 1.87. The Kier molecular flexibility index (Phi) is 12.0. The number of Topliss-reactive ketones (excluding diaryl/α,β-unsaturated/α-hetero) is 1. The Balaban J connectivity index is 0.000000281. The molecule has 0 aliphatic rings.